The first-order chi connectivity index (χ1) is 10.2. The first-order valence-corrected chi connectivity index (χ1v) is 7.04. The SMILES string of the molecule is CCOC(=O)C1=CC(C(=O)C2=CC=CC=CC2)=CC=CC1. The second-order valence-electron chi connectivity index (χ2n) is 4.68. The lowest BCUT2D eigenvalue weighted by atomic mass is 9.98. The van der Waals surface area contributed by atoms with E-state index in [0.717, 1.165) is 0 Å². The van der Waals surface area contributed by atoms with E-state index in [4.69, 9.17) is 4.74 Å². The number of ether oxygens (including phenoxy) is 1. The van der Waals surface area contributed by atoms with Gasteiger partial charge in [-0.15, -0.1) is 0 Å². The lowest BCUT2D eigenvalue weighted by Gasteiger charge is -2.06. The van der Waals surface area contributed by atoms with Gasteiger partial charge in [0.05, 0.1) is 6.61 Å². The van der Waals surface area contributed by atoms with Crippen molar-refractivity contribution in [1.29, 1.82) is 0 Å². The van der Waals surface area contributed by atoms with Crippen molar-refractivity contribution in [3.05, 3.63) is 71.4 Å². The minimum atomic E-state index is -0.364. The Bertz CT molecular complexity index is 610. The normalized spacial score (nSPS) is 17.3. The van der Waals surface area contributed by atoms with E-state index in [1.165, 1.54) is 0 Å². The van der Waals surface area contributed by atoms with Crippen molar-refractivity contribution in [1.82, 2.24) is 0 Å². The quantitative estimate of drug-likeness (QED) is 0.742. The van der Waals surface area contributed by atoms with E-state index in [9.17, 15) is 9.59 Å². The molecule has 3 nitrogen and oxygen atoms in total. The number of hydrogen-bond acceptors (Lipinski definition) is 3. The number of carbonyl (C=O) groups excluding carboxylic acids is 2. The summed E-state index contributed by atoms with van der Waals surface area (Å²) < 4.78 is 5.01. The van der Waals surface area contributed by atoms with Gasteiger partial charge in [-0.3, -0.25) is 4.79 Å². The molecule has 0 bridgehead atoms. The number of Topliss-reactive ketones (excluding diaryl/α,β-unsaturated/α-hetero) is 1. The van der Waals surface area contributed by atoms with Gasteiger partial charge in [0.15, 0.2) is 5.78 Å². The number of hydrogen-bond donors (Lipinski definition) is 0. The van der Waals surface area contributed by atoms with Gasteiger partial charge in [0.1, 0.15) is 0 Å². The number of carbonyl (C=O) groups is 2. The minimum Gasteiger partial charge on any atom is -0.463 e. The van der Waals surface area contributed by atoms with Crippen molar-refractivity contribution in [3.8, 4) is 0 Å². The molecule has 108 valence electrons. The summed E-state index contributed by atoms with van der Waals surface area (Å²) in [4.78, 5) is 24.4. The van der Waals surface area contributed by atoms with Crippen molar-refractivity contribution >= 4 is 11.8 Å². The third-order valence-corrected chi connectivity index (χ3v) is 3.16. The molecular weight excluding hydrogens is 264 g/mol. The fourth-order valence-corrected chi connectivity index (χ4v) is 2.10. The van der Waals surface area contributed by atoms with Gasteiger partial charge in [0.2, 0.25) is 0 Å². The van der Waals surface area contributed by atoms with Crippen LogP contribution in [0.4, 0.5) is 0 Å². The molecular formula is C18H18O3. The van der Waals surface area contributed by atoms with E-state index in [2.05, 4.69) is 0 Å². The maximum Gasteiger partial charge on any atom is 0.334 e. The number of allylic oxidation sites excluding steroid dienone is 11. The number of rotatable bonds is 4. The van der Waals surface area contributed by atoms with Crippen LogP contribution < -0.4 is 0 Å². The molecule has 21 heavy (non-hydrogen) atoms. The van der Waals surface area contributed by atoms with Gasteiger partial charge in [-0.25, -0.2) is 4.79 Å². The van der Waals surface area contributed by atoms with Gasteiger partial charge < -0.3 is 4.74 Å². The number of esters is 1. The predicted molar refractivity (Wildman–Crippen MR) is 82.5 cm³/mol. The van der Waals surface area contributed by atoms with Crippen LogP contribution in [0.25, 0.3) is 0 Å². The molecule has 0 radical (unpaired) electrons. The molecule has 2 aliphatic carbocycles. The smallest absolute Gasteiger partial charge is 0.334 e. The van der Waals surface area contributed by atoms with Gasteiger partial charge in [-0.05, 0) is 25.8 Å². The Balaban J connectivity index is 2.24. The summed E-state index contributed by atoms with van der Waals surface area (Å²) >= 11 is 0. The highest BCUT2D eigenvalue weighted by Gasteiger charge is 2.17. The molecule has 2 rings (SSSR count). The molecule has 0 fully saturated rings. The van der Waals surface area contributed by atoms with Gasteiger partial charge in [-0.2, -0.15) is 0 Å². The Kier molecular flexibility index (Phi) is 5.27. The fourth-order valence-electron chi connectivity index (χ4n) is 2.10. The fraction of sp³-hybridized carbons (Fsp3) is 0.222. The molecule has 3 heteroatoms. The summed E-state index contributed by atoms with van der Waals surface area (Å²) in [6, 6.07) is 0. The third kappa shape index (κ3) is 4.02. The molecule has 0 aromatic carbocycles. The Morgan fingerprint density at radius 1 is 1.00 bits per heavy atom. The Labute approximate surface area is 124 Å². The van der Waals surface area contributed by atoms with E-state index in [0.29, 0.717) is 36.2 Å². The van der Waals surface area contributed by atoms with Crippen molar-refractivity contribution < 1.29 is 14.3 Å². The highest BCUT2D eigenvalue weighted by atomic mass is 16.5. The molecule has 0 spiro atoms. The highest BCUT2D eigenvalue weighted by molar-refractivity contribution is 6.11. The van der Waals surface area contributed by atoms with Gasteiger partial charge in [0, 0.05) is 16.7 Å². The van der Waals surface area contributed by atoms with Crippen molar-refractivity contribution in [2.75, 3.05) is 6.61 Å². The first kappa shape index (κ1) is 15.0. The zero-order valence-corrected chi connectivity index (χ0v) is 12.0. The molecule has 0 heterocycles. The minimum absolute atomic E-state index is 0.0560. The molecule has 0 saturated heterocycles. The summed E-state index contributed by atoms with van der Waals surface area (Å²) in [6.45, 7) is 2.09. The standard InChI is InChI=1S/C18H18O3/c1-2-21-18(20)16-12-8-7-11-15(13-16)17(19)14-9-5-3-4-6-10-14/h3-9,11,13H,2,10,12H2,1H3. The maximum absolute atomic E-state index is 12.5. The second kappa shape index (κ2) is 7.39. The lowest BCUT2D eigenvalue weighted by Crippen LogP contribution is -2.10. The van der Waals surface area contributed by atoms with Crippen molar-refractivity contribution in [2.45, 2.75) is 19.8 Å². The van der Waals surface area contributed by atoms with Crippen LogP contribution in [0, 0.1) is 0 Å². The van der Waals surface area contributed by atoms with Gasteiger partial charge in [0.25, 0.3) is 0 Å². The van der Waals surface area contributed by atoms with E-state index in [1.54, 1.807) is 25.2 Å². The summed E-state index contributed by atoms with van der Waals surface area (Å²) in [7, 11) is 0. The Morgan fingerprint density at radius 3 is 2.57 bits per heavy atom. The van der Waals surface area contributed by atoms with Crippen LogP contribution in [0.1, 0.15) is 19.8 Å². The van der Waals surface area contributed by atoms with Crippen LogP contribution in [0.3, 0.4) is 0 Å². The first-order valence-electron chi connectivity index (χ1n) is 7.04. The van der Waals surface area contributed by atoms with Crippen LogP contribution in [-0.4, -0.2) is 18.4 Å². The predicted octanol–water partition coefficient (Wildman–Crippen LogP) is 3.37. The Hall–Kier alpha value is -2.42. The van der Waals surface area contributed by atoms with E-state index >= 15 is 0 Å². The average Bonchev–Trinajstić information content (AvgIpc) is 2.89. The number of ketones is 1. The van der Waals surface area contributed by atoms with Crippen LogP contribution in [-0.2, 0) is 14.3 Å². The van der Waals surface area contributed by atoms with Gasteiger partial charge in [-0.1, -0.05) is 48.6 Å². The second-order valence-corrected chi connectivity index (χ2v) is 4.68. The van der Waals surface area contributed by atoms with Crippen molar-refractivity contribution in [3.63, 3.8) is 0 Å². The monoisotopic (exact) mass is 282 g/mol. The Morgan fingerprint density at radius 2 is 1.76 bits per heavy atom. The summed E-state index contributed by atoms with van der Waals surface area (Å²) in [5, 5.41) is 0. The molecule has 0 aliphatic heterocycles. The van der Waals surface area contributed by atoms with E-state index < -0.39 is 0 Å². The highest BCUT2D eigenvalue weighted by Crippen LogP contribution is 2.20. The van der Waals surface area contributed by atoms with Gasteiger partial charge >= 0.3 is 5.97 Å². The average molecular weight is 282 g/mol. The summed E-state index contributed by atoms with van der Waals surface area (Å²) in [5.74, 6) is -0.420. The molecule has 0 aromatic rings. The third-order valence-electron chi connectivity index (χ3n) is 3.16. The molecule has 0 aromatic heterocycles. The van der Waals surface area contributed by atoms with Crippen LogP contribution in [0.2, 0.25) is 0 Å². The summed E-state index contributed by atoms with van der Waals surface area (Å²) in [5.41, 5.74) is 1.73. The molecule has 0 amide bonds. The molecule has 0 N–H and O–H groups in total. The molecule has 2 aliphatic rings. The van der Waals surface area contributed by atoms with Crippen LogP contribution in [0.15, 0.2) is 71.4 Å². The molecule has 0 saturated carbocycles. The topological polar surface area (TPSA) is 43.4 Å². The van der Waals surface area contributed by atoms with E-state index in [1.807, 2.05) is 36.5 Å². The molecule has 0 unspecified atom stereocenters. The van der Waals surface area contributed by atoms with E-state index in [-0.39, 0.29) is 11.8 Å². The zero-order chi connectivity index (χ0) is 15.1. The largest absolute Gasteiger partial charge is 0.463 e. The van der Waals surface area contributed by atoms with Crippen molar-refractivity contribution in [2.24, 2.45) is 0 Å². The summed E-state index contributed by atoms with van der Waals surface area (Å²) in [6.07, 6.45) is 17.5. The maximum atomic E-state index is 12.5. The van der Waals surface area contributed by atoms with Crippen LogP contribution >= 0.6 is 0 Å². The molecule has 0 atom stereocenters. The lowest BCUT2D eigenvalue weighted by molar-refractivity contribution is -0.138. The van der Waals surface area contributed by atoms with Crippen LogP contribution in [0.5, 0.6) is 0 Å². The zero-order valence-electron chi connectivity index (χ0n) is 12.0.